The first-order valence-electron chi connectivity index (χ1n) is 7.01. The summed E-state index contributed by atoms with van der Waals surface area (Å²) in [4.78, 5) is 0. The van der Waals surface area contributed by atoms with E-state index in [1.807, 2.05) is 0 Å². The Morgan fingerprint density at radius 2 is 1.57 bits per heavy atom. The Morgan fingerprint density at radius 3 is 2.09 bits per heavy atom. The van der Waals surface area contributed by atoms with Crippen LogP contribution >= 0.6 is 11.6 Å². The zero-order chi connectivity index (χ0) is 17.3. The van der Waals surface area contributed by atoms with Gasteiger partial charge >= 0.3 is 6.18 Å². The molecule has 0 aliphatic rings. The van der Waals surface area contributed by atoms with Gasteiger partial charge in [-0.1, -0.05) is 24.6 Å². The van der Waals surface area contributed by atoms with Crippen LogP contribution < -0.4 is 4.74 Å². The standard InChI is InChI=1S/C17H16ClF3O2/c1-3-16(2,22)14-9-8-13(10-15(14)17(19,20)21)23-12-6-4-11(18)5-7-12/h4-10,22H,3H2,1-2H3. The molecule has 1 atom stereocenters. The minimum atomic E-state index is -4.59. The maximum absolute atomic E-state index is 13.3. The van der Waals surface area contributed by atoms with Crippen LogP contribution in [0.25, 0.3) is 0 Å². The van der Waals surface area contributed by atoms with Crippen molar-refractivity contribution in [2.45, 2.75) is 32.0 Å². The van der Waals surface area contributed by atoms with Crippen molar-refractivity contribution in [1.29, 1.82) is 0 Å². The summed E-state index contributed by atoms with van der Waals surface area (Å²) in [5.74, 6) is 0.410. The van der Waals surface area contributed by atoms with E-state index in [0.717, 1.165) is 6.07 Å². The molecule has 0 bridgehead atoms. The highest BCUT2D eigenvalue weighted by molar-refractivity contribution is 6.30. The van der Waals surface area contributed by atoms with E-state index >= 15 is 0 Å². The molecular formula is C17H16ClF3O2. The first kappa shape index (κ1) is 17.6. The fourth-order valence-corrected chi connectivity index (χ4v) is 2.25. The minimum Gasteiger partial charge on any atom is -0.457 e. The quantitative estimate of drug-likeness (QED) is 0.763. The lowest BCUT2D eigenvalue weighted by Crippen LogP contribution is -2.24. The van der Waals surface area contributed by atoms with Crippen LogP contribution in [0, 0.1) is 0 Å². The van der Waals surface area contributed by atoms with E-state index in [1.54, 1.807) is 31.2 Å². The van der Waals surface area contributed by atoms with Crippen molar-refractivity contribution < 1.29 is 23.0 Å². The Hall–Kier alpha value is -1.72. The fourth-order valence-electron chi connectivity index (χ4n) is 2.12. The molecule has 0 aliphatic heterocycles. The van der Waals surface area contributed by atoms with Crippen LogP contribution in [0.2, 0.25) is 5.02 Å². The number of halogens is 4. The summed E-state index contributed by atoms with van der Waals surface area (Å²) in [6, 6.07) is 9.84. The second-order valence-electron chi connectivity index (χ2n) is 5.39. The first-order chi connectivity index (χ1) is 10.6. The third kappa shape index (κ3) is 4.18. The number of alkyl halides is 3. The molecule has 23 heavy (non-hydrogen) atoms. The van der Waals surface area contributed by atoms with Crippen molar-refractivity contribution in [3.05, 3.63) is 58.6 Å². The average Bonchev–Trinajstić information content (AvgIpc) is 2.48. The number of aliphatic hydroxyl groups is 1. The van der Waals surface area contributed by atoms with Crippen LogP contribution in [0.4, 0.5) is 13.2 Å². The van der Waals surface area contributed by atoms with E-state index < -0.39 is 17.3 Å². The molecule has 1 N–H and O–H groups in total. The smallest absolute Gasteiger partial charge is 0.416 e. The number of ether oxygens (including phenoxy) is 1. The molecular weight excluding hydrogens is 329 g/mol. The largest absolute Gasteiger partial charge is 0.457 e. The molecule has 0 radical (unpaired) electrons. The van der Waals surface area contributed by atoms with Crippen molar-refractivity contribution in [1.82, 2.24) is 0 Å². The van der Waals surface area contributed by atoms with Gasteiger partial charge in [0, 0.05) is 5.02 Å². The topological polar surface area (TPSA) is 29.5 Å². The van der Waals surface area contributed by atoms with Gasteiger partial charge in [-0.15, -0.1) is 0 Å². The Morgan fingerprint density at radius 1 is 1.00 bits per heavy atom. The average molecular weight is 345 g/mol. The van der Waals surface area contributed by atoms with Crippen LogP contribution in [0.5, 0.6) is 11.5 Å². The van der Waals surface area contributed by atoms with E-state index in [0.29, 0.717) is 10.8 Å². The van der Waals surface area contributed by atoms with E-state index in [2.05, 4.69) is 0 Å². The number of hydrogen-bond acceptors (Lipinski definition) is 2. The van der Waals surface area contributed by atoms with Crippen molar-refractivity contribution in [3.63, 3.8) is 0 Å². The fraction of sp³-hybridized carbons (Fsp3) is 0.294. The zero-order valence-electron chi connectivity index (χ0n) is 12.6. The van der Waals surface area contributed by atoms with Crippen LogP contribution in [0.15, 0.2) is 42.5 Å². The van der Waals surface area contributed by atoms with Gasteiger partial charge in [0.05, 0.1) is 11.2 Å². The van der Waals surface area contributed by atoms with Crippen LogP contribution in [-0.2, 0) is 11.8 Å². The van der Waals surface area contributed by atoms with Gasteiger partial charge in [-0.25, -0.2) is 0 Å². The van der Waals surface area contributed by atoms with E-state index in [-0.39, 0.29) is 17.7 Å². The second kappa shape index (κ2) is 6.42. The van der Waals surface area contributed by atoms with Gasteiger partial charge < -0.3 is 9.84 Å². The first-order valence-corrected chi connectivity index (χ1v) is 7.39. The molecule has 6 heteroatoms. The molecule has 2 aromatic carbocycles. The number of rotatable bonds is 4. The maximum atomic E-state index is 13.3. The van der Waals surface area contributed by atoms with Crippen molar-refractivity contribution in [3.8, 4) is 11.5 Å². The SMILES string of the molecule is CCC(C)(O)c1ccc(Oc2ccc(Cl)cc2)cc1C(F)(F)F. The Balaban J connectivity index is 2.42. The van der Waals surface area contributed by atoms with Gasteiger partial charge in [0.25, 0.3) is 0 Å². The maximum Gasteiger partial charge on any atom is 0.416 e. The summed E-state index contributed by atoms with van der Waals surface area (Å²) in [5, 5.41) is 10.7. The van der Waals surface area contributed by atoms with Gasteiger partial charge in [-0.2, -0.15) is 13.2 Å². The van der Waals surface area contributed by atoms with Gasteiger partial charge in [-0.3, -0.25) is 0 Å². The second-order valence-corrected chi connectivity index (χ2v) is 5.82. The zero-order valence-corrected chi connectivity index (χ0v) is 13.4. The summed E-state index contributed by atoms with van der Waals surface area (Å²) in [6.07, 6.45) is -4.43. The summed E-state index contributed by atoms with van der Waals surface area (Å²) >= 11 is 5.75. The van der Waals surface area contributed by atoms with Crippen molar-refractivity contribution >= 4 is 11.6 Å². The van der Waals surface area contributed by atoms with Crippen LogP contribution in [0.1, 0.15) is 31.4 Å². The Kier molecular flexibility index (Phi) is 4.92. The molecule has 2 aromatic rings. The van der Waals surface area contributed by atoms with Crippen molar-refractivity contribution in [2.24, 2.45) is 0 Å². The van der Waals surface area contributed by atoms with Gasteiger partial charge in [0.2, 0.25) is 0 Å². The molecule has 2 rings (SSSR count). The van der Waals surface area contributed by atoms with Crippen LogP contribution in [0.3, 0.4) is 0 Å². The molecule has 0 fully saturated rings. The van der Waals surface area contributed by atoms with E-state index in [1.165, 1.54) is 19.1 Å². The van der Waals surface area contributed by atoms with E-state index in [9.17, 15) is 18.3 Å². The lowest BCUT2D eigenvalue weighted by atomic mass is 9.89. The van der Waals surface area contributed by atoms with Gasteiger partial charge in [-0.05, 0) is 55.3 Å². The lowest BCUT2D eigenvalue weighted by Gasteiger charge is -2.26. The predicted octanol–water partition coefficient (Wildman–Crippen LogP) is 5.77. The summed E-state index contributed by atoms with van der Waals surface area (Å²) in [5.41, 5.74) is -2.64. The highest BCUT2D eigenvalue weighted by Crippen LogP contribution is 2.40. The third-order valence-corrected chi connectivity index (χ3v) is 3.87. The normalized spacial score (nSPS) is 14.4. The molecule has 0 saturated heterocycles. The lowest BCUT2D eigenvalue weighted by molar-refractivity contribution is -0.140. The highest BCUT2D eigenvalue weighted by Gasteiger charge is 2.38. The molecule has 2 nitrogen and oxygen atoms in total. The third-order valence-electron chi connectivity index (χ3n) is 3.61. The molecule has 0 aliphatic carbocycles. The van der Waals surface area contributed by atoms with Crippen molar-refractivity contribution in [2.75, 3.05) is 0 Å². The minimum absolute atomic E-state index is 0.0373. The number of benzene rings is 2. The molecule has 124 valence electrons. The molecule has 0 spiro atoms. The summed E-state index contributed by atoms with van der Waals surface area (Å²) in [6.45, 7) is 2.98. The molecule has 0 saturated carbocycles. The molecule has 0 amide bonds. The Labute approximate surface area is 137 Å². The highest BCUT2D eigenvalue weighted by atomic mass is 35.5. The monoisotopic (exact) mass is 344 g/mol. The van der Waals surface area contributed by atoms with Gasteiger partial charge in [0.1, 0.15) is 11.5 Å². The van der Waals surface area contributed by atoms with E-state index in [4.69, 9.17) is 16.3 Å². The molecule has 0 heterocycles. The summed E-state index contributed by atoms with van der Waals surface area (Å²) < 4.78 is 45.3. The molecule has 0 aromatic heterocycles. The van der Waals surface area contributed by atoms with Gasteiger partial charge in [0.15, 0.2) is 0 Å². The van der Waals surface area contributed by atoms with Crippen LogP contribution in [-0.4, -0.2) is 5.11 Å². The summed E-state index contributed by atoms with van der Waals surface area (Å²) in [7, 11) is 0. The molecule has 1 unspecified atom stereocenters. The predicted molar refractivity (Wildman–Crippen MR) is 82.8 cm³/mol. The Bertz CT molecular complexity index is 679. The number of hydrogen-bond donors (Lipinski definition) is 1.